The van der Waals surface area contributed by atoms with E-state index in [1.807, 2.05) is 6.20 Å². The van der Waals surface area contributed by atoms with Gasteiger partial charge < -0.3 is 14.0 Å². The summed E-state index contributed by atoms with van der Waals surface area (Å²) in [5.41, 5.74) is 1.17. The van der Waals surface area contributed by atoms with Crippen molar-refractivity contribution in [3.8, 4) is 11.5 Å². The molecule has 1 aromatic carbocycles. The fraction of sp³-hybridized carbons (Fsp3) is 0.571. The van der Waals surface area contributed by atoms with Crippen LogP contribution in [-0.2, 0) is 23.0 Å². The van der Waals surface area contributed by atoms with Gasteiger partial charge in [-0.2, -0.15) is 4.31 Å². The summed E-state index contributed by atoms with van der Waals surface area (Å²) in [5.74, 6) is 2.44. The second kappa shape index (κ2) is 8.36. The molecule has 1 atom stereocenters. The van der Waals surface area contributed by atoms with E-state index in [9.17, 15) is 8.42 Å². The number of hydrogen-bond donors (Lipinski definition) is 0. The normalized spacial score (nSPS) is 20.0. The summed E-state index contributed by atoms with van der Waals surface area (Å²) in [6.45, 7) is 7.18. The number of hydrogen-bond acceptors (Lipinski definition) is 5. The van der Waals surface area contributed by atoms with E-state index in [1.165, 1.54) is 5.69 Å². The molecule has 0 bridgehead atoms. The second-order valence-corrected chi connectivity index (χ2v) is 9.79. The van der Waals surface area contributed by atoms with Crippen LogP contribution in [0.1, 0.15) is 37.7 Å². The number of piperidine rings is 1. The van der Waals surface area contributed by atoms with Gasteiger partial charge in [-0.3, -0.25) is 0 Å². The van der Waals surface area contributed by atoms with Gasteiger partial charge in [-0.15, -0.1) is 0 Å². The third kappa shape index (κ3) is 4.14. The summed E-state index contributed by atoms with van der Waals surface area (Å²) in [6, 6.07) is 4.89. The summed E-state index contributed by atoms with van der Waals surface area (Å²) in [4.78, 5) is 4.86. The summed E-state index contributed by atoms with van der Waals surface area (Å²) in [6.07, 6.45) is 5.66. The highest BCUT2D eigenvalue weighted by molar-refractivity contribution is 7.89. The number of aromatic nitrogens is 2. The van der Waals surface area contributed by atoms with E-state index < -0.39 is 10.0 Å². The van der Waals surface area contributed by atoms with Crippen LogP contribution in [0.5, 0.6) is 11.5 Å². The first-order chi connectivity index (χ1) is 14.0. The molecular weight excluding hydrogens is 390 g/mol. The van der Waals surface area contributed by atoms with Crippen molar-refractivity contribution in [1.29, 1.82) is 0 Å². The van der Waals surface area contributed by atoms with Crippen LogP contribution in [0.4, 0.5) is 0 Å². The van der Waals surface area contributed by atoms with Crippen LogP contribution in [0.3, 0.4) is 0 Å². The van der Waals surface area contributed by atoms with Crippen LogP contribution in [0.25, 0.3) is 0 Å². The highest BCUT2D eigenvalue weighted by atomic mass is 32.2. The molecule has 0 spiro atoms. The molecule has 2 aromatic rings. The molecule has 0 saturated carbocycles. The maximum atomic E-state index is 13.3. The molecule has 158 valence electrons. The number of benzene rings is 1. The Morgan fingerprint density at radius 3 is 2.79 bits per heavy atom. The maximum Gasteiger partial charge on any atom is 0.243 e. The molecule has 0 N–H and O–H groups in total. The van der Waals surface area contributed by atoms with Gasteiger partial charge in [-0.25, -0.2) is 13.4 Å². The molecule has 3 heterocycles. The molecule has 29 heavy (non-hydrogen) atoms. The van der Waals surface area contributed by atoms with E-state index in [1.54, 1.807) is 22.5 Å². The number of ether oxygens (including phenoxy) is 2. The molecule has 8 heteroatoms. The molecule has 1 unspecified atom stereocenters. The van der Waals surface area contributed by atoms with Crippen molar-refractivity contribution in [2.45, 2.75) is 51.0 Å². The Bertz CT molecular complexity index is 970. The van der Waals surface area contributed by atoms with Gasteiger partial charge in [0.15, 0.2) is 11.5 Å². The zero-order valence-corrected chi connectivity index (χ0v) is 18.0. The Hall–Kier alpha value is -2.06. The minimum absolute atomic E-state index is 0.269. The zero-order chi connectivity index (χ0) is 20.4. The Balaban J connectivity index is 1.50. The van der Waals surface area contributed by atoms with E-state index in [4.69, 9.17) is 9.47 Å². The van der Waals surface area contributed by atoms with Crippen molar-refractivity contribution in [2.75, 3.05) is 26.3 Å². The lowest BCUT2D eigenvalue weighted by molar-refractivity contribution is 0.171. The van der Waals surface area contributed by atoms with Gasteiger partial charge in [0.05, 0.1) is 4.90 Å². The maximum absolute atomic E-state index is 13.3. The molecule has 7 nitrogen and oxygen atoms in total. The van der Waals surface area contributed by atoms with Gasteiger partial charge in [0.25, 0.3) is 0 Å². The monoisotopic (exact) mass is 419 g/mol. The molecule has 2 aliphatic heterocycles. The Morgan fingerprint density at radius 1 is 1.21 bits per heavy atom. The SMILES string of the molecule is CCCn1c(C)cnc1CC1CCCN(S(=O)(=O)c2ccc3c(c2)OCCO3)C1. The van der Waals surface area contributed by atoms with Crippen molar-refractivity contribution in [2.24, 2.45) is 5.92 Å². The minimum atomic E-state index is -3.57. The van der Waals surface area contributed by atoms with Crippen molar-refractivity contribution < 1.29 is 17.9 Å². The molecule has 1 fully saturated rings. The first-order valence-electron chi connectivity index (χ1n) is 10.4. The average molecular weight is 420 g/mol. The van der Waals surface area contributed by atoms with E-state index in [2.05, 4.69) is 23.4 Å². The molecule has 0 radical (unpaired) electrons. The fourth-order valence-corrected chi connectivity index (χ4v) is 5.78. The van der Waals surface area contributed by atoms with E-state index in [-0.39, 0.29) is 10.8 Å². The number of imidazole rings is 1. The van der Waals surface area contributed by atoms with Crippen molar-refractivity contribution in [3.63, 3.8) is 0 Å². The standard InChI is InChI=1S/C21H29N3O4S/c1-3-8-24-16(2)14-22-21(24)12-17-5-4-9-23(15-17)29(25,26)18-6-7-19-20(13-18)28-11-10-27-19/h6-7,13-14,17H,3-5,8-12,15H2,1-2H3. The van der Waals surface area contributed by atoms with E-state index in [0.717, 1.165) is 38.1 Å². The van der Waals surface area contributed by atoms with Gasteiger partial charge >= 0.3 is 0 Å². The minimum Gasteiger partial charge on any atom is -0.486 e. The quantitative estimate of drug-likeness (QED) is 0.720. The van der Waals surface area contributed by atoms with Crippen LogP contribution < -0.4 is 9.47 Å². The first kappa shape index (κ1) is 20.2. The van der Waals surface area contributed by atoms with Crippen molar-refractivity contribution in [3.05, 3.63) is 35.9 Å². The number of fused-ring (bicyclic) bond motifs is 1. The lowest BCUT2D eigenvalue weighted by atomic mass is 9.96. The Labute approximate surface area is 172 Å². The van der Waals surface area contributed by atoms with Gasteiger partial charge in [0.2, 0.25) is 10.0 Å². The largest absolute Gasteiger partial charge is 0.486 e. The predicted octanol–water partition coefficient (Wildman–Crippen LogP) is 3.02. The fourth-order valence-electron chi connectivity index (χ4n) is 4.21. The molecule has 4 rings (SSSR count). The van der Waals surface area contributed by atoms with Crippen LogP contribution in [-0.4, -0.2) is 48.6 Å². The second-order valence-electron chi connectivity index (χ2n) is 7.85. The lowest BCUT2D eigenvalue weighted by Gasteiger charge is -2.32. The van der Waals surface area contributed by atoms with E-state index in [0.29, 0.717) is 37.8 Å². The predicted molar refractivity (Wildman–Crippen MR) is 110 cm³/mol. The van der Waals surface area contributed by atoms with Crippen LogP contribution >= 0.6 is 0 Å². The molecule has 1 saturated heterocycles. The van der Waals surface area contributed by atoms with Gasteiger partial charge in [-0.05, 0) is 44.2 Å². The molecule has 0 amide bonds. The van der Waals surface area contributed by atoms with E-state index >= 15 is 0 Å². The Morgan fingerprint density at radius 2 is 2.00 bits per heavy atom. The highest BCUT2D eigenvalue weighted by Gasteiger charge is 2.32. The van der Waals surface area contributed by atoms with Crippen molar-refractivity contribution >= 4 is 10.0 Å². The third-order valence-electron chi connectivity index (χ3n) is 5.69. The van der Waals surface area contributed by atoms with Crippen LogP contribution in [0, 0.1) is 12.8 Å². The number of sulfonamides is 1. The highest BCUT2D eigenvalue weighted by Crippen LogP contribution is 2.34. The Kier molecular flexibility index (Phi) is 5.83. The zero-order valence-electron chi connectivity index (χ0n) is 17.1. The topological polar surface area (TPSA) is 73.7 Å². The molecule has 1 aromatic heterocycles. The number of rotatable bonds is 6. The summed E-state index contributed by atoms with van der Waals surface area (Å²) < 4.78 is 41.5. The third-order valence-corrected chi connectivity index (χ3v) is 7.55. The summed E-state index contributed by atoms with van der Waals surface area (Å²) >= 11 is 0. The molecule has 0 aliphatic carbocycles. The lowest BCUT2D eigenvalue weighted by Crippen LogP contribution is -2.40. The van der Waals surface area contributed by atoms with Crippen LogP contribution in [0.15, 0.2) is 29.3 Å². The van der Waals surface area contributed by atoms with Crippen molar-refractivity contribution in [1.82, 2.24) is 13.9 Å². The smallest absolute Gasteiger partial charge is 0.243 e. The number of aryl methyl sites for hydroxylation is 1. The van der Waals surface area contributed by atoms with Gasteiger partial charge in [-0.1, -0.05) is 6.92 Å². The van der Waals surface area contributed by atoms with Gasteiger partial charge in [0, 0.05) is 44.0 Å². The molecule has 2 aliphatic rings. The first-order valence-corrected chi connectivity index (χ1v) is 11.8. The summed E-state index contributed by atoms with van der Waals surface area (Å²) in [5, 5.41) is 0. The average Bonchev–Trinajstić information content (AvgIpc) is 3.07. The summed E-state index contributed by atoms with van der Waals surface area (Å²) in [7, 11) is -3.57. The number of nitrogens with zero attached hydrogens (tertiary/aromatic N) is 3. The van der Waals surface area contributed by atoms with Crippen LogP contribution in [0.2, 0.25) is 0 Å². The molecular formula is C21H29N3O4S. The van der Waals surface area contributed by atoms with Gasteiger partial charge in [0.1, 0.15) is 19.0 Å².